The van der Waals surface area contributed by atoms with Crippen LogP contribution in [-0.2, 0) is 11.8 Å². The zero-order valence-corrected chi connectivity index (χ0v) is 10.4. The van der Waals surface area contributed by atoms with Gasteiger partial charge in [0.2, 0.25) is 0 Å². The Bertz CT molecular complexity index is 462. The summed E-state index contributed by atoms with van der Waals surface area (Å²) in [7, 11) is 0. The lowest BCUT2D eigenvalue weighted by Gasteiger charge is -2.05. The van der Waals surface area contributed by atoms with E-state index in [2.05, 4.69) is 40.4 Å². The van der Waals surface area contributed by atoms with Crippen molar-refractivity contribution >= 4 is 43.0 Å². The molecule has 74 valence electrons. The lowest BCUT2D eigenvalue weighted by molar-refractivity contribution is 1.15. The van der Waals surface area contributed by atoms with Crippen LogP contribution in [0.15, 0.2) is 17.5 Å². The highest BCUT2D eigenvalue weighted by molar-refractivity contribution is 9.08. The van der Waals surface area contributed by atoms with Crippen molar-refractivity contribution in [1.82, 2.24) is 0 Å². The summed E-state index contributed by atoms with van der Waals surface area (Å²) >= 11 is 5.25. The van der Waals surface area contributed by atoms with Gasteiger partial charge in [-0.05, 0) is 29.0 Å². The average Bonchev–Trinajstić information content (AvgIpc) is 2.62. The van der Waals surface area contributed by atoms with Crippen LogP contribution in [0.5, 0.6) is 0 Å². The highest BCUT2D eigenvalue weighted by Crippen LogP contribution is 2.34. The smallest absolute Gasteiger partial charge is 0.0437 e. The van der Waals surface area contributed by atoms with E-state index in [1.54, 1.807) is 11.3 Å². The van der Waals surface area contributed by atoms with E-state index in [-0.39, 0.29) is 0 Å². The highest BCUT2D eigenvalue weighted by Gasteiger charge is 2.08. The maximum Gasteiger partial charge on any atom is 0.0437 e. The minimum Gasteiger partial charge on any atom is -0.398 e. The Morgan fingerprint density at radius 2 is 2.14 bits per heavy atom. The van der Waals surface area contributed by atoms with Crippen LogP contribution in [0, 0.1) is 0 Å². The molecule has 0 saturated carbocycles. The maximum absolute atomic E-state index is 6.14. The minimum atomic E-state index is 0.879. The number of aryl methyl sites for hydroxylation is 1. The van der Waals surface area contributed by atoms with Crippen LogP contribution >= 0.6 is 27.3 Å². The fourth-order valence-corrected chi connectivity index (χ4v) is 3.30. The topological polar surface area (TPSA) is 26.0 Å². The number of hydrogen-bond donors (Lipinski definition) is 1. The summed E-state index contributed by atoms with van der Waals surface area (Å²) in [5.74, 6) is 0. The summed E-state index contributed by atoms with van der Waals surface area (Å²) in [5.41, 5.74) is 9.65. The second-order valence-corrected chi connectivity index (χ2v) is 4.73. The van der Waals surface area contributed by atoms with E-state index >= 15 is 0 Å². The van der Waals surface area contributed by atoms with Crippen LogP contribution in [0.1, 0.15) is 18.1 Å². The number of halogens is 1. The highest BCUT2D eigenvalue weighted by atomic mass is 79.9. The third-order valence-electron chi connectivity index (χ3n) is 2.47. The fraction of sp³-hybridized carbons (Fsp3) is 0.273. The zero-order chi connectivity index (χ0) is 10.1. The molecular weight excluding hydrogens is 258 g/mol. The summed E-state index contributed by atoms with van der Waals surface area (Å²) in [6, 6.07) is 4.30. The Balaban J connectivity index is 2.77. The van der Waals surface area contributed by atoms with Crippen LogP contribution in [0.2, 0.25) is 0 Å². The number of fused-ring (bicyclic) bond motifs is 1. The molecule has 0 aliphatic carbocycles. The predicted octanol–water partition coefficient (Wildman–Crippen LogP) is 3.94. The second-order valence-electron chi connectivity index (χ2n) is 3.26. The van der Waals surface area contributed by atoms with Crippen molar-refractivity contribution in [1.29, 1.82) is 0 Å². The van der Waals surface area contributed by atoms with Crippen molar-refractivity contribution in [3.63, 3.8) is 0 Å². The first-order chi connectivity index (χ1) is 6.77. The molecule has 1 heterocycles. The average molecular weight is 270 g/mol. The zero-order valence-electron chi connectivity index (χ0n) is 8.01. The van der Waals surface area contributed by atoms with Gasteiger partial charge in [-0.3, -0.25) is 0 Å². The van der Waals surface area contributed by atoms with Gasteiger partial charge in [0.05, 0.1) is 0 Å². The van der Waals surface area contributed by atoms with Gasteiger partial charge in [0.15, 0.2) is 0 Å². The largest absolute Gasteiger partial charge is 0.398 e. The van der Waals surface area contributed by atoms with Gasteiger partial charge in [-0.1, -0.05) is 28.9 Å². The van der Waals surface area contributed by atoms with Crippen molar-refractivity contribution in [2.75, 3.05) is 5.73 Å². The Morgan fingerprint density at radius 3 is 2.79 bits per heavy atom. The van der Waals surface area contributed by atoms with Gasteiger partial charge in [0.25, 0.3) is 0 Å². The fourth-order valence-electron chi connectivity index (χ4n) is 1.67. The first-order valence-electron chi connectivity index (χ1n) is 4.61. The molecule has 1 nitrogen and oxygen atoms in total. The van der Waals surface area contributed by atoms with Gasteiger partial charge in [-0.25, -0.2) is 0 Å². The molecule has 1 aromatic heterocycles. The Morgan fingerprint density at radius 1 is 1.36 bits per heavy atom. The standard InChI is InChI=1S/C11H12BrNS/c1-2-7-3-4-9-10(11(7)13)8(5-12)6-14-9/h3-4,6H,2,5,13H2,1H3. The van der Waals surface area contributed by atoms with Crippen LogP contribution in [0.25, 0.3) is 10.1 Å². The van der Waals surface area contributed by atoms with Gasteiger partial charge >= 0.3 is 0 Å². The van der Waals surface area contributed by atoms with Crippen molar-refractivity contribution in [2.45, 2.75) is 18.7 Å². The Kier molecular flexibility index (Phi) is 2.79. The first-order valence-corrected chi connectivity index (χ1v) is 6.61. The van der Waals surface area contributed by atoms with Crippen molar-refractivity contribution in [3.8, 4) is 0 Å². The quantitative estimate of drug-likeness (QED) is 0.649. The monoisotopic (exact) mass is 269 g/mol. The molecule has 1 aromatic carbocycles. The normalized spacial score (nSPS) is 11.0. The van der Waals surface area contributed by atoms with E-state index in [0.29, 0.717) is 0 Å². The summed E-state index contributed by atoms with van der Waals surface area (Å²) in [6.07, 6.45) is 0.999. The van der Waals surface area contributed by atoms with E-state index in [1.165, 1.54) is 21.2 Å². The summed E-state index contributed by atoms with van der Waals surface area (Å²) in [5, 5.41) is 4.30. The number of rotatable bonds is 2. The van der Waals surface area contributed by atoms with E-state index < -0.39 is 0 Å². The minimum absolute atomic E-state index is 0.879. The van der Waals surface area contributed by atoms with Crippen molar-refractivity contribution in [3.05, 3.63) is 28.6 Å². The summed E-state index contributed by atoms with van der Waals surface area (Å²) in [4.78, 5) is 0. The molecule has 2 aromatic rings. The van der Waals surface area contributed by atoms with Gasteiger partial charge in [-0.2, -0.15) is 0 Å². The second kappa shape index (κ2) is 3.91. The van der Waals surface area contributed by atoms with E-state index in [0.717, 1.165) is 17.4 Å². The third kappa shape index (κ3) is 1.44. The third-order valence-corrected chi connectivity index (χ3v) is 4.07. The summed E-state index contributed by atoms with van der Waals surface area (Å²) in [6.45, 7) is 2.14. The van der Waals surface area contributed by atoms with Crippen LogP contribution < -0.4 is 5.73 Å². The molecule has 2 rings (SSSR count). The maximum atomic E-state index is 6.14. The molecule has 0 saturated heterocycles. The molecule has 0 radical (unpaired) electrons. The Hall–Kier alpha value is -0.540. The van der Waals surface area contributed by atoms with Crippen molar-refractivity contribution < 1.29 is 0 Å². The van der Waals surface area contributed by atoms with Gasteiger partial charge in [0, 0.05) is 21.1 Å². The number of hydrogen-bond acceptors (Lipinski definition) is 2. The molecule has 0 spiro atoms. The number of nitrogen functional groups attached to an aromatic ring is 1. The van der Waals surface area contributed by atoms with E-state index in [9.17, 15) is 0 Å². The van der Waals surface area contributed by atoms with Crippen LogP contribution in [0.4, 0.5) is 5.69 Å². The van der Waals surface area contributed by atoms with Gasteiger partial charge < -0.3 is 5.73 Å². The number of nitrogens with two attached hydrogens (primary N) is 1. The molecule has 0 amide bonds. The van der Waals surface area contributed by atoms with Gasteiger partial charge in [0.1, 0.15) is 0 Å². The van der Waals surface area contributed by atoms with E-state index in [1.807, 2.05) is 0 Å². The molecule has 0 fully saturated rings. The number of anilines is 1. The van der Waals surface area contributed by atoms with Gasteiger partial charge in [-0.15, -0.1) is 11.3 Å². The molecule has 2 N–H and O–H groups in total. The first kappa shape index (κ1) is 9.99. The lowest BCUT2D eigenvalue weighted by atomic mass is 10.1. The molecule has 0 unspecified atom stereocenters. The molecule has 0 aliphatic heterocycles. The SMILES string of the molecule is CCc1ccc2scc(CBr)c2c1N. The Labute approximate surface area is 96.1 Å². The van der Waals surface area contributed by atoms with Crippen molar-refractivity contribution in [2.24, 2.45) is 0 Å². The van der Waals surface area contributed by atoms with E-state index in [4.69, 9.17) is 5.73 Å². The number of benzene rings is 1. The molecule has 3 heteroatoms. The number of thiophene rings is 1. The molecule has 14 heavy (non-hydrogen) atoms. The van der Waals surface area contributed by atoms with Crippen LogP contribution in [-0.4, -0.2) is 0 Å². The molecule has 0 bridgehead atoms. The van der Waals surface area contributed by atoms with Crippen LogP contribution in [0.3, 0.4) is 0 Å². The summed E-state index contributed by atoms with van der Waals surface area (Å²) < 4.78 is 1.29. The number of alkyl halides is 1. The molecule has 0 atom stereocenters. The molecule has 0 aliphatic rings. The predicted molar refractivity (Wildman–Crippen MR) is 68.2 cm³/mol. The molecular formula is C11H12BrNS. The lowest BCUT2D eigenvalue weighted by Crippen LogP contribution is -1.93.